The number of hydrogen-bond donors (Lipinski definition) is 1. The summed E-state index contributed by atoms with van der Waals surface area (Å²) in [4.78, 5) is 124. The molecule has 0 unspecified atom stereocenters. The molecule has 0 aromatic carbocycles. The monoisotopic (exact) mass is 924 g/mol. The van der Waals surface area contributed by atoms with Crippen LogP contribution in [0.1, 0.15) is 69.2 Å². The molecule has 0 aromatic rings. The Balaban J connectivity index is 2.28. The molecule has 0 saturated carbocycles. The van der Waals surface area contributed by atoms with Crippen molar-refractivity contribution in [1.82, 2.24) is 0 Å². The van der Waals surface area contributed by atoms with Crippen LogP contribution in [0.2, 0.25) is 0 Å². The number of aliphatic hydroxyl groups excluding tert-OH is 1. The van der Waals surface area contributed by atoms with Gasteiger partial charge in [0.25, 0.3) is 0 Å². The Morgan fingerprint density at radius 1 is 0.328 bits per heavy atom. The van der Waals surface area contributed by atoms with Gasteiger partial charge in [0.1, 0.15) is 50.3 Å². The average Bonchev–Trinajstić information content (AvgIpc) is 3.15. The molecule has 26 heteroatoms. The van der Waals surface area contributed by atoms with Gasteiger partial charge >= 0.3 is 59.7 Å². The van der Waals surface area contributed by atoms with E-state index in [9.17, 15) is 53.1 Å². The van der Waals surface area contributed by atoms with E-state index in [-0.39, 0.29) is 0 Å². The van der Waals surface area contributed by atoms with Crippen LogP contribution in [-0.2, 0) is 119 Å². The van der Waals surface area contributed by atoms with Gasteiger partial charge in [0.2, 0.25) is 0 Å². The normalized spacial score (nSPS) is 32.3. The van der Waals surface area contributed by atoms with E-state index in [4.69, 9.17) is 71.1 Å². The van der Waals surface area contributed by atoms with Gasteiger partial charge < -0.3 is 76.2 Å². The Morgan fingerprint density at radius 3 is 0.906 bits per heavy atom. The molecule has 3 aliphatic rings. The molecule has 0 radical (unpaired) electrons. The summed E-state index contributed by atoms with van der Waals surface area (Å²) in [6.45, 7) is 7.65. The summed E-state index contributed by atoms with van der Waals surface area (Å²) in [6.07, 6.45) is -27.2. The van der Waals surface area contributed by atoms with Crippen LogP contribution in [0.25, 0.3) is 0 Å². The molecule has 3 aliphatic heterocycles. The van der Waals surface area contributed by atoms with Gasteiger partial charge in [-0.15, -0.1) is 0 Å². The largest absolute Gasteiger partial charge is 0.463 e. The van der Waals surface area contributed by atoms with Crippen LogP contribution in [0.5, 0.6) is 0 Å². The standard InChI is InChI=1S/C38H52O26/c1-14(39)50-11-24-28(30(54-18(5)43)33(36(49)60-24)57-21(8)46)63-38-35(59-23(10)48)32(56-20(7)45)29(26(62-38)13-52-16(3)41)64-37-34(58-22(9)47)31(55-19(6)44)27(53-17(4)42)25(61-37)12-51-15(2)40/h24-38,49H,11-13H2,1-10H3/t24-,25-,26-,27-,28+,29+,30+,31+,32+,33+,34-,35+,36+,37+,38-/m0/s1. The Hall–Kier alpha value is -5.54. The zero-order chi connectivity index (χ0) is 48.2. The van der Waals surface area contributed by atoms with Crippen molar-refractivity contribution in [3.8, 4) is 0 Å². The van der Waals surface area contributed by atoms with E-state index in [1.165, 1.54) is 0 Å². The smallest absolute Gasteiger partial charge is 0.303 e. The number of aliphatic hydroxyl groups is 1. The van der Waals surface area contributed by atoms with Crippen molar-refractivity contribution in [3.63, 3.8) is 0 Å². The minimum absolute atomic E-state index is 0.681. The van der Waals surface area contributed by atoms with Gasteiger partial charge in [0.05, 0.1) is 0 Å². The molecular formula is C38H52O26. The van der Waals surface area contributed by atoms with Crippen molar-refractivity contribution in [2.75, 3.05) is 19.8 Å². The van der Waals surface area contributed by atoms with Crippen LogP contribution >= 0.6 is 0 Å². The Labute approximate surface area is 364 Å². The van der Waals surface area contributed by atoms with Gasteiger partial charge in [0.15, 0.2) is 61.6 Å². The molecule has 3 rings (SSSR count). The summed E-state index contributed by atoms with van der Waals surface area (Å²) < 4.78 is 84.2. The van der Waals surface area contributed by atoms with E-state index in [1.807, 2.05) is 0 Å². The first kappa shape index (κ1) is 52.8. The van der Waals surface area contributed by atoms with Crippen molar-refractivity contribution in [2.24, 2.45) is 0 Å². The van der Waals surface area contributed by atoms with E-state index in [1.54, 1.807) is 0 Å². The summed E-state index contributed by atoms with van der Waals surface area (Å²) in [6, 6.07) is 0. The van der Waals surface area contributed by atoms with Crippen molar-refractivity contribution >= 4 is 59.7 Å². The lowest BCUT2D eigenvalue weighted by atomic mass is 9.95. The molecule has 0 aromatic heterocycles. The van der Waals surface area contributed by atoms with Crippen LogP contribution < -0.4 is 0 Å². The molecule has 360 valence electrons. The number of hydrogen-bond acceptors (Lipinski definition) is 26. The highest BCUT2D eigenvalue weighted by Crippen LogP contribution is 2.38. The lowest BCUT2D eigenvalue weighted by molar-refractivity contribution is -0.378. The van der Waals surface area contributed by atoms with Gasteiger partial charge in [-0.05, 0) is 0 Å². The quantitative estimate of drug-likeness (QED) is 0.123. The van der Waals surface area contributed by atoms with E-state index in [0.29, 0.717) is 0 Å². The lowest BCUT2D eigenvalue weighted by Crippen LogP contribution is -2.68. The van der Waals surface area contributed by atoms with Crippen molar-refractivity contribution in [3.05, 3.63) is 0 Å². The Kier molecular flexibility index (Phi) is 19.8. The fourth-order valence-electron chi connectivity index (χ4n) is 6.77. The lowest BCUT2D eigenvalue weighted by Gasteiger charge is -2.50. The van der Waals surface area contributed by atoms with E-state index in [0.717, 1.165) is 69.2 Å². The maximum absolute atomic E-state index is 12.9. The predicted molar refractivity (Wildman–Crippen MR) is 197 cm³/mol. The second kappa shape index (κ2) is 23.9. The fourth-order valence-corrected chi connectivity index (χ4v) is 6.77. The highest BCUT2D eigenvalue weighted by molar-refractivity contribution is 5.70. The van der Waals surface area contributed by atoms with E-state index >= 15 is 0 Å². The van der Waals surface area contributed by atoms with Crippen LogP contribution in [0.3, 0.4) is 0 Å². The average molecular weight is 925 g/mol. The molecule has 3 fully saturated rings. The molecular weight excluding hydrogens is 872 g/mol. The molecule has 0 bridgehead atoms. The van der Waals surface area contributed by atoms with E-state index in [2.05, 4.69) is 0 Å². The molecule has 15 atom stereocenters. The topological polar surface area (TPSA) is 329 Å². The molecule has 26 nitrogen and oxygen atoms in total. The molecule has 0 amide bonds. The third-order valence-electron chi connectivity index (χ3n) is 8.84. The molecule has 0 aliphatic carbocycles. The zero-order valence-electron chi connectivity index (χ0n) is 36.4. The highest BCUT2D eigenvalue weighted by atomic mass is 16.8. The second-order valence-corrected chi connectivity index (χ2v) is 14.3. The predicted octanol–water partition coefficient (Wildman–Crippen LogP) is -1.86. The summed E-state index contributed by atoms with van der Waals surface area (Å²) in [5.74, 6) is -9.61. The molecule has 0 spiro atoms. The van der Waals surface area contributed by atoms with Crippen molar-refractivity contribution in [2.45, 2.75) is 161 Å². The van der Waals surface area contributed by atoms with Gasteiger partial charge in [0, 0.05) is 69.2 Å². The van der Waals surface area contributed by atoms with E-state index < -0.39 is 172 Å². The first-order chi connectivity index (χ1) is 29.9. The maximum Gasteiger partial charge on any atom is 0.303 e. The zero-order valence-corrected chi connectivity index (χ0v) is 36.4. The third kappa shape index (κ3) is 15.6. The highest BCUT2D eigenvalue weighted by Gasteiger charge is 2.59. The molecule has 64 heavy (non-hydrogen) atoms. The van der Waals surface area contributed by atoms with Crippen LogP contribution in [-0.4, -0.2) is 177 Å². The van der Waals surface area contributed by atoms with Gasteiger partial charge in [-0.1, -0.05) is 0 Å². The van der Waals surface area contributed by atoms with Gasteiger partial charge in [-0.2, -0.15) is 0 Å². The minimum Gasteiger partial charge on any atom is -0.463 e. The Bertz CT molecular complexity index is 1730. The van der Waals surface area contributed by atoms with Crippen LogP contribution in [0, 0.1) is 0 Å². The van der Waals surface area contributed by atoms with Crippen molar-refractivity contribution in [1.29, 1.82) is 0 Å². The third-order valence-corrected chi connectivity index (χ3v) is 8.84. The minimum atomic E-state index is -2.02. The molecule has 1 N–H and O–H groups in total. The summed E-state index contributed by atoms with van der Waals surface area (Å²) >= 11 is 0. The number of ether oxygens (including phenoxy) is 15. The fraction of sp³-hybridized carbons (Fsp3) is 0.737. The second-order valence-electron chi connectivity index (χ2n) is 14.3. The summed E-state index contributed by atoms with van der Waals surface area (Å²) in [5.41, 5.74) is 0. The van der Waals surface area contributed by atoms with Gasteiger partial charge in [-0.25, -0.2) is 0 Å². The first-order valence-corrected chi connectivity index (χ1v) is 19.4. The van der Waals surface area contributed by atoms with Gasteiger partial charge in [-0.3, -0.25) is 47.9 Å². The number of esters is 10. The summed E-state index contributed by atoms with van der Waals surface area (Å²) in [7, 11) is 0. The Morgan fingerprint density at radius 2 is 0.578 bits per heavy atom. The number of rotatable bonds is 17. The summed E-state index contributed by atoms with van der Waals surface area (Å²) in [5, 5.41) is 10.9. The number of carbonyl (C=O) groups excluding carboxylic acids is 10. The molecule has 3 saturated heterocycles. The first-order valence-electron chi connectivity index (χ1n) is 19.4. The van der Waals surface area contributed by atoms with Crippen molar-refractivity contribution < 1.29 is 124 Å². The van der Waals surface area contributed by atoms with Crippen LogP contribution in [0.4, 0.5) is 0 Å². The SMILES string of the molecule is CC(=O)OC[C@@H]1O[C@H](O[C@H]2[C@@H](OC(C)=O)[C@@H](OC(C)=O)[C@H](O[C@H]3[C@@H](OC(C)=O)[C@@H](OC(C)=O)[C@H](O)O[C@H]3COC(C)=O)O[C@H]2COC(C)=O)[C@@H](OC(C)=O)[C@H](OC(C)=O)[C@H]1OC(C)=O. The maximum atomic E-state index is 12.9. The molecule has 3 heterocycles. The number of carbonyl (C=O) groups is 10. The van der Waals surface area contributed by atoms with Crippen LogP contribution in [0.15, 0.2) is 0 Å².